The summed E-state index contributed by atoms with van der Waals surface area (Å²) in [7, 11) is -4.67. The standard InChI is InChI=1S/C21H24BNO6S/c1-20(2)21(3,4)29-22(28-20)15-9-11-16(12-10-15)30(26,27)23-17-8-6-5-7-14(17)13-18(23)19(24)25/h5-12,18H,13H2,1-4H3,(H,24,25)/t18-/m0/s1. The first-order chi connectivity index (χ1) is 13.9. The Morgan fingerprint density at radius 1 is 1.03 bits per heavy atom. The summed E-state index contributed by atoms with van der Waals surface area (Å²) in [6.07, 6.45) is 0.136. The van der Waals surface area contributed by atoms with E-state index in [1.165, 1.54) is 12.1 Å². The van der Waals surface area contributed by atoms with Crippen molar-refractivity contribution in [3.63, 3.8) is 0 Å². The number of hydrogen-bond donors (Lipinski definition) is 1. The molecule has 0 radical (unpaired) electrons. The Hall–Kier alpha value is -2.36. The van der Waals surface area contributed by atoms with E-state index in [1.54, 1.807) is 36.4 Å². The van der Waals surface area contributed by atoms with Crippen LogP contribution in [0.25, 0.3) is 0 Å². The predicted molar refractivity (Wildman–Crippen MR) is 113 cm³/mol. The van der Waals surface area contributed by atoms with Crippen molar-refractivity contribution in [1.29, 1.82) is 0 Å². The summed E-state index contributed by atoms with van der Waals surface area (Å²) < 4.78 is 39.7. The molecule has 4 rings (SSSR count). The molecule has 2 heterocycles. The van der Waals surface area contributed by atoms with Gasteiger partial charge in [-0.05, 0) is 56.9 Å². The molecule has 30 heavy (non-hydrogen) atoms. The number of anilines is 1. The highest BCUT2D eigenvalue weighted by atomic mass is 32.2. The Balaban J connectivity index is 1.66. The van der Waals surface area contributed by atoms with Crippen molar-refractivity contribution in [2.45, 2.75) is 56.3 Å². The highest BCUT2D eigenvalue weighted by Crippen LogP contribution is 2.38. The van der Waals surface area contributed by atoms with Crippen LogP contribution in [0.1, 0.15) is 33.3 Å². The van der Waals surface area contributed by atoms with E-state index in [1.807, 2.05) is 27.7 Å². The lowest BCUT2D eigenvalue weighted by Gasteiger charge is -2.32. The molecule has 2 aromatic rings. The zero-order chi connectivity index (χ0) is 21.9. The maximum absolute atomic E-state index is 13.4. The maximum Gasteiger partial charge on any atom is 0.494 e. The molecule has 2 aromatic carbocycles. The Bertz CT molecular complexity index is 1080. The lowest BCUT2D eigenvalue weighted by molar-refractivity contribution is -0.138. The first-order valence-electron chi connectivity index (χ1n) is 9.75. The highest BCUT2D eigenvalue weighted by Gasteiger charge is 2.51. The molecule has 1 atom stereocenters. The van der Waals surface area contributed by atoms with Gasteiger partial charge < -0.3 is 14.4 Å². The largest absolute Gasteiger partial charge is 0.494 e. The summed E-state index contributed by atoms with van der Waals surface area (Å²) >= 11 is 0. The number of hydrogen-bond acceptors (Lipinski definition) is 5. The number of nitrogens with zero attached hydrogens (tertiary/aromatic N) is 1. The van der Waals surface area contributed by atoms with Crippen molar-refractivity contribution in [1.82, 2.24) is 0 Å². The Kier molecular flexibility index (Phi) is 4.76. The molecule has 0 aromatic heterocycles. The van der Waals surface area contributed by atoms with Crippen LogP contribution in [-0.4, -0.2) is 43.9 Å². The molecule has 0 amide bonds. The van der Waals surface area contributed by atoms with Gasteiger partial charge in [0.25, 0.3) is 10.0 Å². The number of benzene rings is 2. The van der Waals surface area contributed by atoms with Gasteiger partial charge >= 0.3 is 13.1 Å². The van der Waals surface area contributed by atoms with E-state index in [9.17, 15) is 18.3 Å². The molecular weight excluding hydrogens is 405 g/mol. The molecule has 0 spiro atoms. The second kappa shape index (κ2) is 6.83. The van der Waals surface area contributed by atoms with Gasteiger partial charge in [0.05, 0.1) is 21.8 Å². The summed E-state index contributed by atoms with van der Waals surface area (Å²) in [6, 6.07) is 11.9. The fraction of sp³-hybridized carbons (Fsp3) is 0.381. The fourth-order valence-electron chi connectivity index (χ4n) is 3.73. The summed E-state index contributed by atoms with van der Waals surface area (Å²) in [6.45, 7) is 7.79. The lowest BCUT2D eigenvalue weighted by atomic mass is 9.79. The van der Waals surface area contributed by atoms with Crippen LogP contribution in [0.15, 0.2) is 53.4 Å². The Morgan fingerprint density at radius 3 is 2.17 bits per heavy atom. The van der Waals surface area contributed by atoms with Crippen LogP contribution in [0.4, 0.5) is 5.69 Å². The molecule has 1 fully saturated rings. The summed E-state index contributed by atoms with van der Waals surface area (Å²) in [5, 5.41) is 9.61. The van der Waals surface area contributed by atoms with Crippen LogP contribution in [0.5, 0.6) is 0 Å². The first kappa shape index (κ1) is 20.9. The van der Waals surface area contributed by atoms with Crippen LogP contribution in [-0.2, 0) is 30.5 Å². The lowest BCUT2D eigenvalue weighted by Crippen LogP contribution is -2.43. The molecule has 1 saturated heterocycles. The molecule has 0 aliphatic carbocycles. The minimum Gasteiger partial charge on any atom is -0.480 e. The van der Waals surface area contributed by atoms with Crippen LogP contribution in [0, 0.1) is 0 Å². The number of carboxylic acids is 1. The number of carbonyl (C=O) groups is 1. The fourth-order valence-corrected chi connectivity index (χ4v) is 5.38. The average Bonchev–Trinajstić information content (AvgIpc) is 3.17. The minimum atomic E-state index is -4.06. The second-order valence-electron chi connectivity index (χ2n) is 8.65. The molecule has 7 nitrogen and oxygen atoms in total. The zero-order valence-corrected chi connectivity index (χ0v) is 18.1. The number of rotatable bonds is 4. The normalized spacial score (nSPS) is 22.2. The smallest absolute Gasteiger partial charge is 0.480 e. The Labute approximate surface area is 176 Å². The van der Waals surface area contributed by atoms with Gasteiger partial charge in [-0.15, -0.1) is 0 Å². The van der Waals surface area contributed by atoms with E-state index in [0.29, 0.717) is 16.7 Å². The topological polar surface area (TPSA) is 93.1 Å². The van der Waals surface area contributed by atoms with Crippen molar-refractivity contribution < 1.29 is 27.6 Å². The number of para-hydroxylation sites is 1. The van der Waals surface area contributed by atoms with Gasteiger partial charge in [0.2, 0.25) is 0 Å². The van der Waals surface area contributed by atoms with Gasteiger partial charge in [0, 0.05) is 6.42 Å². The van der Waals surface area contributed by atoms with E-state index in [-0.39, 0.29) is 11.3 Å². The molecule has 2 aliphatic rings. The van der Waals surface area contributed by atoms with E-state index < -0.39 is 40.4 Å². The third-order valence-electron chi connectivity index (χ3n) is 6.17. The average molecular weight is 429 g/mol. The number of fused-ring (bicyclic) bond motifs is 1. The third kappa shape index (κ3) is 3.21. The molecular formula is C21H24BNO6S. The molecule has 9 heteroatoms. The van der Waals surface area contributed by atoms with E-state index in [4.69, 9.17) is 9.31 Å². The molecule has 158 valence electrons. The van der Waals surface area contributed by atoms with Crippen molar-refractivity contribution in [2.24, 2.45) is 0 Å². The highest BCUT2D eigenvalue weighted by molar-refractivity contribution is 7.93. The Morgan fingerprint density at radius 2 is 1.60 bits per heavy atom. The second-order valence-corrected chi connectivity index (χ2v) is 10.5. The van der Waals surface area contributed by atoms with Crippen LogP contribution >= 0.6 is 0 Å². The maximum atomic E-state index is 13.4. The van der Waals surface area contributed by atoms with Gasteiger partial charge in [-0.1, -0.05) is 30.3 Å². The monoisotopic (exact) mass is 429 g/mol. The summed E-state index contributed by atoms with van der Waals surface area (Å²) in [5.41, 5.74) is 0.790. The number of aliphatic carboxylic acids is 1. The minimum absolute atomic E-state index is 0.0192. The van der Waals surface area contributed by atoms with Gasteiger partial charge in [-0.3, -0.25) is 4.31 Å². The molecule has 0 bridgehead atoms. The van der Waals surface area contributed by atoms with Gasteiger partial charge in [0.15, 0.2) is 0 Å². The van der Waals surface area contributed by atoms with Crippen LogP contribution in [0.3, 0.4) is 0 Å². The number of carboxylic acid groups (broad SMARTS) is 1. The third-order valence-corrected chi connectivity index (χ3v) is 8.01. The van der Waals surface area contributed by atoms with Crippen molar-refractivity contribution in [2.75, 3.05) is 4.31 Å². The summed E-state index contributed by atoms with van der Waals surface area (Å²) in [5.74, 6) is -1.18. The SMILES string of the molecule is CC1(C)OB(c2ccc(S(=O)(=O)N3c4ccccc4C[C@H]3C(=O)O)cc2)OC1(C)C. The quantitative estimate of drug-likeness (QED) is 0.750. The van der Waals surface area contributed by atoms with E-state index in [2.05, 4.69) is 0 Å². The first-order valence-corrected chi connectivity index (χ1v) is 11.2. The van der Waals surface area contributed by atoms with Gasteiger partial charge in [-0.25, -0.2) is 13.2 Å². The predicted octanol–water partition coefficient (Wildman–Crippen LogP) is 2.19. The van der Waals surface area contributed by atoms with Crippen molar-refractivity contribution in [3.05, 3.63) is 54.1 Å². The van der Waals surface area contributed by atoms with Crippen molar-refractivity contribution in [3.8, 4) is 0 Å². The molecule has 0 saturated carbocycles. The van der Waals surface area contributed by atoms with Gasteiger partial charge in [-0.2, -0.15) is 0 Å². The van der Waals surface area contributed by atoms with E-state index >= 15 is 0 Å². The number of sulfonamides is 1. The summed E-state index contributed by atoms with van der Waals surface area (Å²) in [4.78, 5) is 11.8. The van der Waals surface area contributed by atoms with Crippen molar-refractivity contribution >= 4 is 34.3 Å². The van der Waals surface area contributed by atoms with Gasteiger partial charge in [0.1, 0.15) is 6.04 Å². The van der Waals surface area contributed by atoms with Crippen LogP contribution < -0.4 is 9.77 Å². The molecule has 0 unspecified atom stereocenters. The van der Waals surface area contributed by atoms with Crippen LogP contribution in [0.2, 0.25) is 0 Å². The van der Waals surface area contributed by atoms with E-state index in [0.717, 1.165) is 4.31 Å². The molecule has 1 N–H and O–H groups in total. The molecule has 2 aliphatic heterocycles. The zero-order valence-electron chi connectivity index (χ0n) is 17.3.